The molecule has 0 atom stereocenters. The highest BCUT2D eigenvalue weighted by atomic mass is 127. The van der Waals surface area contributed by atoms with Gasteiger partial charge in [-0.25, -0.2) is 0 Å². The summed E-state index contributed by atoms with van der Waals surface area (Å²) < 4.78 is 10.4. The number of nitrogens with one attached hydrogen (secondary N) is 2. The highest BCUT2D eigenvalue weighted by Crippen LogP contribution is 2.27. The van der Waals surface area contributed by atoms with Crippen LogP contribution in [0.1, 0.15) is 23.5 Å². The average Bonchev–Trinajstić information content (AvgIpc) is 2.73. The Morgan fingerprint density at radius 1 is 0.857 bits per heavy atom. The molecule has 2 N–H and O–H groups in total. The van der Waals surface area contributed by atoms with E-state index in [1.54, 1.807) is 14.2 Å². The first-order valence-corrected chi connectivity index (χ1v) is 9.46. The molecule has 0 aromatic heterocycles. The molecule has 0 fully saturated rings. The lowest BCUT2D eigenvalue weighted by Gasteiger charge is -2.19. The molecule has 0 saturated carbocycles. The zero-order valence-electron chi connectivity index (χ0n) is 16.8. The normalized spacial score (nSPS) is 11.2. The van der Waals surface area contributed by atoms with Gasteiger partial charge >= 0.3 is 0 Å². The Kier molecular flexibility index (Phi) is 13.3. The van der Waals surface area contributed by atoms with Crippen molar-refractivity contribution in [1.82, 2.24) is 10.6 Å². The van der Waals surface area contributed by atoms with E-state index in [2.05, 4.69) is 76.3 Å². The Morgan fingerprint density at radius 2 is 1.43 bits per heavy atom. The van der Waals surface area contributed by atoms with Gasteiger partial charge in [0.25, 0.3) is 0 Å². The summed E-state index contributed by atoms with van der Waals surface area (Å²) in [5.41, 5.74) is 2.67. The molecule has 0 heterocycles. The lowest BCUT2D eigenvalue weighted by atomic mass is 9.88. The summed E-state index contributed by atoms with van der Waals surface area (Å²) in [6.07, 6.45) is 0.985. The van der Waals surface area contributed by atoms with Crippen molar-refractivity contribution in [3.63, 3.8) is 0 Å². The molecule has 0 aliphatic carbocycles. The second-order valence-electron chi connectivity index (χ2n) is 6.19. The molecule has 0 unspecified atom stereocenters. The predicted molar refractivity (Wildman–Crippen MR) is 127 cm³/mol. The maximum atomic E-state index is 5.46. The van der Waals surface area contributed by atoms with E-state index in [-0.39, 0.29) is 24.0 Å². The minimum atomic E-state index is 0. The predicted octanol–water partition coefficient (Wildman–Crippen LogP) is 3.65. The molecule has 0 radical (unpaired) electrons. The lowest BCUT2D eigenvalue weighted by Crippen LogP contribution is -2.39. The quantitative estimate of drug-likeness (QED) is 0.216. The number of halogens is 1. The van der Waals surface area contributed by atoms with Crippen molar-refractivity contribution in [2.75, 3.05) is 47.1 Å². The molecule has 5 nitrogen and oxygen atoms in total. The second kappa shape index (κ2) is 15.3. The number of ether oxygens (including phenoxy) is 2. The number of methoxy groups -OCH3 is 1. The van der Waals surface area contributed by atoms with Gasteiger partial charge in [0.2, 0.25) is 0 Å². The van der Waals surface area contributed by atoms with E-state index < -0.39 is 0 Å². The number of nitrogens with zero attached hydrogens (tertiary/aromatic N) is 1. The maximum Gasteiger partial charge on any atom is 0.191 e. The highest BCUT2D eigenvalue weighted by Gasteiger charge is 2.13. The van der Waals surface area contributed by atoms with Crippen LogP contribution in [-0.4, -0.2) is 53.0 Å². The molecule has 0 amide bonds. The maximum absolute atomic E-state index is 5.46. The summed E-state index contributed by atoms with van der Waals surface area (Å²) in [5, 5.41) is 6.67. The van der Waals surface area contributed by atoms with Crippen LogP contribution < -0.4 is 10.6 Å². The van der Waals surface area contributed by atoms with Crippen LogP contribution in [-0.2, 0) is 9.47 Å². The number of benzene rings is 2. The summed E-state index contributed by atoms with van der Waals surface area (Å²) in [4.78, 5) is 4.28. The first kappa shape index (κ1) is 24.4. The third-order valence-electron chi connectivity index (χ3n) is 4.32. The largest absolute Gasteiger partial charge is 0.382 e. The van der Waals surface area contributed by atoms with Gasteiger partial charge in [0.15, 0.2) is 5.96 Å². The van der Waals surface area contributed by atoms with Crippen molar-refractivity contribution < 1.29 is 9.47 Å². The third-order valence-corrected chi connectivity index (χ3v) is 4.32. The highest BCUT2D eigenvalue weighted by molar-refractivity contribution is 14.0. The van der Waals surface area contributed by atoms with Gasteiger partial charge < -0.3 is 20.1 Å². The molecule has 0 aliphatic rings. The fraction of sp³-hybridized carbons (Fsp3) is 0.409. The number of hydrogen-bond acceptors (Lipinski definition) is 3. The molecule has 6 heteroatoms. The Bertz CT molecular complexity index is 614. The lowest BCUT2D eigenvalue weighted by molar-refractivity contribution is 0.0733. The van der Waals surface area contributed by atoms with Gasteiger partial charge in [-0.3, -0.25) is 4.99 Å². The topological polar surface area (TPSA) is 54.9 Å². The molecule has 0 spiro atoms. The van der Waals surface area contributed by atoms with E-state index >= 15 is 0 Å². The molecule has 0 bridgehead atoms. The molecule has 2 aromatic rings. The van der Waals surface area contributed by atoms with E-state index in [0.717, 1.165) is 18.9 Å². The van der Waals surface area contributed by atoms with Crippen LogP contribution in [0.25, 0.3) is 0 Å². The number of hydrogen-bond donors (Lipinski definition) is 2. The van der Waals surface area contributed by atoms with Crippen molar-refractivity contribution in [3.8, 4) is 0 Å². The van der Waals surface area contributed by atoms with Gasteiger partial charge in [-0.15, -0.1) is 24.0 Å². The van der Waals surface area contributed by atoms with Crippen molar-refractivity contribution in [1.29, 1.82) is 0 Å². The van der Waals surface area contributed by atoms with Gasteiger partial charge in [-0.1, -0.05) is 60.7 Å². The van der Waals surface area contributed by atoms with Crippen LogP contribution in [0.4, 0.5) is 0 Å². The van der Waals surface area contributed by atoms with E-state index in [4.69, 9.17) is 9.47 Å². The molecule has 154 valence electrons. The fourth-order valence-electron chi connectivity index (χ4n) is 2.94. The van der Waals surface area contributed by atoms with Crippen LogP contribution in [0.15, 0.2) is 65.7 Å². The van der Waals surface area contributed by atoms with Crippen molar-refractivity contribution in [2.45, 2.75) is 12.3 Å². The molecule has 2 rings (SSSR count). The summed E-state index contributed by atoms with van der Waals surface area (Å²) in [6.45, 7) is 3.40. The van der Waals surface area contributed by atoms with Crippen LogP contribution >= 0.6 is 24.0 Å². The van der Waals surface area contributed by atoms with Crippen molar-refractivity contribution in [2.24, 2.45) is 4.99 Å². The zero-order valence-corrected chi connectivity index (χ0v) is 19.1. The number of aliphatic imine (C=N–C) groups is 1. The summed E-state index contributed by atoms with van der Waals surface area (Å²) in [6, 6.07) is 21.3. The molecule has 2 aromatic carbocycles. The molecular formula is C22H32IN3O2. The Hall–Kier alpha value is -1.64. The smallest absolute Gasteiger partial charge is 0.191 e. The van der Waals surface area contributed by atoms with E-state index in [0.29, 0.717) is 32.3 Å². The summed E-state index contributed by atoms with van der Waals surface area (Å²) in [7, 11) is 3.46. The summed E-state index contributed by atoms with van der Waals surface area (Å²) in [5.74, 6) is 1.15. The molecule has 0 aliphatic heterocycles. The average molecular weight is 497 g/mol. The summed E-state index contributed by atoms with van der Waals surface area (Å²) >= 11 is 0. The van der Waals surface area contributed by atoms with Crippen LogP contribution in [0.3, 0.4) is 0 Å². The molecule has 0 saturated heterocycles. The van der Waals surface area contributed by atoms with Gasteiger partial charge in [-0.05, 0) is 17.5 Å². The Balaban J connectivity index is 0.00000392. The van der Waals surface area contributed by atoms with Crippen molar-refractivity contribution >= 4 is 29.9 Å². The minimum Gasteiger partial charge on any atom is -0.382 e. The zero-order chi connectivity index (χ0) is 19.2. The number of guanidine groups is 1. The van der Waals surface area contributed by atoms with Gasteiger partial charge in [0.1, 0.15) is 0 Å². The first-order chi connectivity index (χ1) is 13.3. The van der Waals surface area contributed by atoms with Crippen LogP contribution in [0, 0.1) is 0 Å². The SMILES string of the molecule is CN=C(NCCOCCOC)NCCC(c1ccccc1)c1ccccc1.I. The van der Waals surface area contributed by atoms with Crippen molar-refractivity contribution in [3.05, 3.63) is 71.8 Å². The number of rotatable bonds is 11. The van der Waals surface area contributed by atoms with E-state index in [1.807, 2.05) is 0 Å². The van der Waals surface area contributed by atoms with E-state index in [1.165, 1.54) is 11.1 Å². The molecular weight excluding hydrogens is 465 g/mol. The van der Waals surface area contributed by atoms with Gasteiger partial charge in [-0.2, -0.15) is 0 Å². The monoisotopic (exact) mass is 497 g/mol. The van der Waals surface area contributed by atoms with Crippen LogP contribution in [0.2, 0.25) is 0 Å². The molecule has 28 heavy (non-hydrogen) atoms. The Labute approximate surface area is 186 Å². The second-order valence-corrected chi connectivity index (χ2v) is 6.19. The first-order valence-electron chi connectivity index (χ1n) is 9.46. The fourth-order valence-corrected chi connectivity index (χ4v) is 2.94. The van der Waals surface area contributed by atoms with Gasteiger partial charge in [0, 0.05) is 33.2 Å². The minimum absolute atomic E-state index is 0. The standard InChI is InChI=1S/C22H31N3O2.HI/c1-23-22(25-15-16-27-18-17-26-2)24-14-13-21(19-9-5-3-6-10-19)20-11-7-4-8-12-20;/h3-12,21H,13-18H2,1-2H3,(H2,23,24,25);1H. The third kappa shape index (κ3) is 9.03. The van der Waals surface area contributed by atoms with E-state index in [9.17, 15) is 0 Å². The van der Waals surface area contributed by atoms with Gasteiger partial charge in [0.05, 0.1) is 19.8 Å². The Morgan fingerprint density at radius 3 is 1.96 bits per heavy atom. The van der Waals surface area contributed by atoms with Crippen LogP contribution in [0.5, 0.6) is 0 Å².